The van der Waals surface area contributed by atoms with Crippen molar-refractivity contribution in [2.24, 2.45) is 0 Å². The third kappa shape index (κ3) is 4.08. The average molecular weight is 386 g/mol. The molecule has 0 aliphatic heterocycles. The Morgan fingerprint density at radius 3 is 2.31 bits per heavy atom. The summed E-state index contributed by atoms with van der Waals surface area (Å²) in [6.45, 7) is 0.124. The van der Waals surface area contributed by atoms with Crippen LogP contribution in [0.5, 0.6) is 0 Å². The summed E-state index contributed by atoms with van der Waals surface area (Å²) < 4.78 is 7.56. The molecular formula is C22H16N3O4+. The number of Topliss-reactive ketones (excluding diaryl/α,β-unsaturated/α-hetero) is 1. The Bertz CT molecular complexity index is 1150. The van der Waals surface area contributed by atoms with Crippen molar-refractivity contribution in [3.63, 3.8) is 0 Å². The van der Waals surface area contributed by atoms with Gasteiger partial charge in [0.1, 0.15) is 0 Å². The molecule has 0 atom stereocenters. The number of non-ortho nitro benzene ring substituents is 1. The van der Waals surface area contributed by atoms with Crippen LogP contribution in [0.25, 0.3) is 22.8 Å². The summed E-state index contributed by atoms with van der Waals surface area (Å²) in [4.78, 5) is 26.9. The van der Waals surface area contributed by atoms with Gasteiger partial charge < -0.3 is 4.42 Å². The molecule has 0 spiro atoms. The van der Waals surface area contributed by atoms with Gasteiger partial charge in [-0.2, -0.15) is 4.57 Å². The summed E-state index contributed by atoms with van der Waals surface area (Å²) in [7, 11) is 0. The van der Waals surface area contributed by atoms with E-state index in [-0.39, 0.29) is 18.0 Å². The minimum Gasteiger partial charge on any atom is -0.436 e. The van der Waals surface area contributed by atoms with Gasteiger partial charge in [0.25, 0.3) is 5.69 Å². The van der Waals surface area contributed by atoms with Crippen molar-refractivity contribution in [2.45, 2.75) is 6.54 Å². The second kappa shape index (κ2) is 7.85. The summed E-state index contributed by atoms with van der Waals surface area (Å²) in [5.74, 6) is 1.04. The van der Waals surface area contributed by atoms with E-state index >= 15 is 0 Å². The van der Waals surface area contributed by atoms with Crippen LogP contribution in [0, 0.1) is 10.1 Å². The van der Waals surface area contributed by atoms with Crippen molar-refractivity contribution in [3.8, 4) is 22.8 Å². The van der Waals surface area contributed by atoms with Gasteiger partial charge in [0.2, 0.25) is 18.2 Å². The second-order valence-electron chi connectivity index (χ2n) is 6.38. The highest BCUT2D eigenvalue weighted by atomic mass is 16.6. The van der Waals surface area contributed by atoms with Gasteiger partial charge in [0.15, 0.2) is 18.2 Å². The van der Waals surface area contributed by atoms with Crippen molar-refractivity contribution >= 4 is 11.5 Å². The normalized spacial score (nSPS) is 10.6. The van der Waals surface area contributed by atoms with Crippen LogP contribution in [-0.4, -0.2) is 15.7 Å². The number of nitrogens with zero attached hydrogens (tertiary/aromatic N) is 3. The second-order valence-corrected chi connectivity index (χ2v) is 6.38. The first kappa shape index (κ1) is 18.2. The van der Waals surface area contributed by atoms with Gasteiger partial charge in [0, 0.05) is 41.0 Å². The number of aromatic nitrogens is 2. The van der Waals surface area contributed by atoms with Crippen LogP contribution in [0.4, 0.5) is 5.69 Å². The molecule has 0 radical (unpaired) electrons. The third-order valence-corrected chi connectivity index (χ3v) is 4.43. The molecule has 0 unspecified atom stereocenters. The molecule has 29 heavy (non-hydrogen) atoms. The highest BCUT2D eigenvalue weighted by Crippen LogP contribution is 2.25. The predicted octanol–water partition coefficient (Wildman–Crippen LogP) is 4.09. The molecule has 0 N–H and O–H groups in total. The summed E-state index contributed by atoms with van der Waals surface area (Å²) in [5.41, 5.74) is 2.13. The number of hydrogen-bond acceptors (Lipinski definition) is 5. The zero-order valence-electron chi connectivity index (χ0n) is 15.3. The van der Waals surface area contributed by atoms with Crippen LogP contribution in [0.3, 0.4) is 0 Å². The zero-order valence-corrected chi connectivity index (χ0v) is 15.3. The average Bonchev–Trinajstić information content (AvgIpc) is 3.25. The molecule has 0 aliphatic carbocycles. The Morgan fingerprint density at radius 2 is 1.66 bits per heavy atom. The number of pyridine rings is 1. The fourth-order valence-corrected chi connectivity index (χ4v) is 2.87. The van der Waals surface area contributed by atoms with Gasteiger partial charge in [-0.25, -0.2) is 4.98 Å². The van der Waals surface area contributed by atoms with E-state index in [0.29, 0.717) is 17.2 Å². The predicted molar refractivity (Wildman–Crippen MR) is 105 cm³/mol. The molecule has 0 aliphatic rings. The van der Waals surface area contributed by atoms with Crippen LogP contribution in [-0.2, 0) is 6.54 Å². The quantitative estimate of drug-likeness (QED) is 0.215. The van der Waals surface area contributed by atoms with E-state index in [1.807, 2.05) is 42.5 Å². The number of carbonyl (C=O) groups is 1. The van der Waals surface area contributed by atoms with Gasteiger partial charge >= 0.3 is 0 Å². The van der Waals surface area contributed by atoms with Gasteiger partial charge in [-0.05, 0) is 12.1 Å². The smallest absolute Gasteiger partial charge is 0.269 e. The van der Waals surface area contributed by atoms with E-state index < -0.39 is 4.92 Å². The van der Waals surface area contributed by atoms with Crippen LogP contribution in [0.1, 0.15) is 10.4 Å². The molecule has 7 nitrogen and oxygen atoms in total. The van der Waals surface area contributed by atoms with E-state index in [1.54, 1.807) is 23.2 Å². The first-order valence-electron chi connectivity index (χ1n) is 8.88. The van der Waals surface area contributed by atoms with Crippen molar-refractivity contribution in [3.05, 3.63) is 101 Å². The van der Waals surface area contributed by atoms with E-state index in [0.717, 1.165) is 11.1 Å². The molecule has 4 rings (SSSR count). The highest BCUT2D eigenvalue weighted by Gasteiger charge is 2.15. The molecule has 0 fully saturated rings. The van der Waals surface area contributed by atoms with Crippen molar-refractivity contribution < 1.29 is 18.7 Å². The van der Waals surface area contributed by atoms with Crippen LogP contribution >= 0.6 is 0 Å². The molecule has 4 aromatic rings. The molecule has 0 bridgehead atoms. The van der Waals surface area contributed by atoms with Crippen LogP contribution < -0.4 is 4.57 Å². The van der Waals surface area contributed by atoms with Crippen LogP contribution in [0.2, 0.25) is 0 Å². The number of nitro groups is 1. The number of rotatable bonds is 6. The zero-order chi connectivity index (χ0) is 20.2. The number of oxazole rings is 1. The van der Waals surface area contributed by atoms with Crippen molar-refractivity contribution in [1.29, 1.82) is 0 Å². The Hall–Kier alpha value is -4.13. The molecule has 142 valence electrons. The SMILES string of the molecule is O=C(C[n+]1ccc(-c2ncc(-c3ccccc3)o2)cc1)c1ccc([N+](=O)[O-])cc1. The van der Waals surface area contributed by atoms with E-state index in [2.05, 4.69) is 4.98 Å². The minimum atomic E-state index is -0.492. The Labute approximate surface area is 166 Å². The lowest BCUT2D eigenvalue weighted by Crippen LogP contribution is -2.37. The maximum Gasteiger partial charge on any atom is 0.269 e. The maximum absolute atomic E-state index is 12.4. The van der Waals surface area contributed by atoms with Gasteiger partial charge in [0.05, 0.1) is 11.1 Å². The largest absolute Gasteiger partial charge is 0.436 e. The van der Waals surface area contributed by atoms with Crippen molar-refractivity contribution in [1.82, 2.24) is 4.98 Å². The summed E-state index contributed by atoms with van der Waals surface area (Å²) >= 11 is 0. The molecule has 2 heterocycles. The van der Waals surface area contributed by atoms with Gasteiger partial charge in [-0.1, -0.05) is 30.3 Å². The van der Waals surface area contributed by atoms with Crippen molar-refractivity contribution in [2.75, 3.05) is 0 Å². The Balaban J connectivity index is 1.46. The maximum atomic E-state index is 12.4. The Kier molecular flexibility index (Phi) is 4.94. The summed E-state index contributed by atoms with van der Waals surface area (Å²) in [6.07, 6.45) is 5.22. The van der Waals surface area contributed by atoms with Gasteiger partial charge in [-0.3, -0.25) is 14.9 Å². The van der Waals surface area contributed by atoms with E-state index in [9.17, 15) is 14.9 Å². The summed E-state index contributed by atoms with van der Waals surface area (Å²) in [6, 6.07) is 18.9. The lowest BCUT2D eigenvalue weighted by molar-refractivity contribution is -0.683. The molecular weight excluding hydrogens is 370 g/mol. The number of benzene rings is 2. The number of hydrogen-bond donors (Lipinski definition) is 0. The standard InChI is InChI=1S/C22H16N3O4/c26-20(16-6-8-19(9-7-16)25(27)28)15-24-12-10-18(11-13-24)22-23-14-21(29-22)17-4-2-1-3-5-17/h1-14H,15H2/q+1. The Morgan fingerprint density at radius 1 is 0.966 bits per heavy atom. The van der Waals surface area contributed by atoms with E-state index in [4.69, 9.17) is 4.42 Å². The molecule has 0 saturated heterocycles. The minimum absolute atomic E-state index is 0.0422. The van der Waals surface area contributed by atoms with Crippen LogP contribution in [0.15, 0.2) is 89.7 Å². The molecule has 0 amide bonds. The fourth-order valence-electron chi connectivity index (χ4n) is 2.87. The highest BCUT2D eigenvalue weighted by molar-refractivity contribution is 5.95. The number of carbonyl (C=O) groups excluding carboxylic acids is 1. The lowest BCUT2D eigenvalue weighted by Gasteiger charge is -2.00. The molecule has 2 aromatic heterocycles. The first-order chi connectivity index (χ1) is 14.1. The summed E-state index contributed by atoms with van der Waals surface area (Å²) in [5, 5.41) is 10.7. The molecule has 7 heteroatoms. The van der Waals surface area contributed by atoms with E-state index in [1.165, 1.54) is 24.3 Å². The molecule has 0 saturated carbocycles. The monoisotopic (exact) mass is 386 g/mol. The third-order valence-electron chi connectivity index (χ3n) is 4.43. The number of ketones is 1. The first-order valence-corrected chi connectivity index (χ1v) is 8.88. The molecule has 2 aromatic carbocycles. The van der Waals surface area contributed by atoms with Gasteiger partial charge in [-0.15, -0.1) is 0 Å². The lowest BCUT2D eigenvalue weighted by atomic mass is 10.1. The fraction of sp³-hybridized carbons (Fsp3) is 0.0455. The topological polar surface area (TPSA) is 90.1 Å². The number of nitro benzene ring substituents is 1.